The highest BCUT2D eigenvalue weighted by atomic mass is 16.6. The first-order valence-corrected chi connectivity index (χ1v) is 7.37. The van der Waals surface area contributed by atoms with Gasteiger partial charge >= 0.3 is 6.03 Å². The van der Waals surface area contributed by atoms with Gasteiger partial charge in [-0.25, -0.2) is 4.79 Å². The van der Waals surface area contributed by atoms with Crippen molar-refractivity contribution < 1.29 is 14.8 Å². The number of phenols is 1. The van der Waals surface area contributed by atoms with Crippen LogP contribution < -0.4 is 10.6 Å². The normalized spacial score (nSPS) is 10.3. The Morgan fingerprint density at radius 3 is 2.38 bits per heavy atom. The highest BCUT2D eigenvalue weighted by Gasteiger charge is 2.12. The first-order chi connectivity index (χ1) is 11.3. The molecule has 7 nitrogen and oxygen atoms in total. The van der Waals surface area contributed by atoms with Crippen molar-refractivity contribution in [3.05, 3.63) is 62.7 Å². The molecular formula is C17H19N3O4. The number of urea groups is 1. The van der Waals surface area contributed by atoms with Gasteiger partial charge in [0.1, 0.15) is 5.75 Å². The lowest BCUT2D eigenvalue weighted by Crippen LogP contribution is -2.28. The molecule has 2 aromatic carbocycles. The van der Waals surface area contributed by atoms with Crippen LogP contribution in [0.1, 0.15) is 22.3 Å². The van der Waals surface area contributed by atoms with E-state index in [0.29, 0.717) is 0 Å². The molecule has 0 fully saturated rings. The van der Waals surface area contributed by atoms with E-state index >= 15 is 0 Å². The lowest BCUT2D eigenvalue weighted by Gasteiger charge is -2.14. The highest BCUT2D eigenvalue weighted by molar-refractivity contribution is 5.91. The number of nitro benzene ring substituents is 1. The van der Waals surface area contributed by atoms with Gasteiger partial charge in [-0.3, -0.25) is 10.1 Å². The van der Waals surface area contributed by atoms with E-state index in [1.165, 1.54) is 18.2 Å². The third kappa shape index (κ3) is 4.01. The van der Waals surface area contributed by atoms with E-state index in [2.05, 4.69) is 10.6 Å². The lowest BCUT2D eigenvalue weighted by molar-refractivity contribution is -0.384. The predicted octanol–water partition coefficient (Wildman–Crippen LogP) is 3.55. The Hall–Kier alpha value is -3.09. The Bertz CT molecular complexity index is 779. The van der Waals surface area contributed by atoms with Crippen molar-refractivity contribution in [3.63, 3.8) is 0 Å². The first-order valence-electron chi connectivity index (χ1n) is 7.37. The number of aromatic hydroxyl groups is 1. The van der Waals surface area contributed by atoms with Crippen LogP contribution in [0.25, 0.3) is 0 Å². The molecule has 0 saturated heterocycles. The number of nitro groups is 1. The molecule has 0 unspecified atom stereocenters. The van der Waals surface area contributed by atoms with Crippen molar-refractivity contribution in [2.45, 2.75) is 27.3 Å². The zero-order chi connectivity index (χ0) is 17.9. The summed E-state index contributed by atoms with van der Waals surface area (Å²) in [5, 5.41) is 25.9. The number of benzene rings is 2. The summed E-state index contributed by atoms with van der Waals surface area (Å²) in [5.41, 5.74) is 3.85. The molecule has 2 amide bonds. The molecule has 0 aliphatic carbocycles. The molecule has 0 bridgehead atoms. The molecule has 0 aliphatic rings. The lowest BCUT2D eigenvalue weighted by atomic mass is 10.1. The number of rotatable bonds is 4. The van der Waals surface area contributed by atoms with Crippen molar-refractivity contribution >= 4 is 17.4 Å². The average Bonchev–Trinajstić information content (AvgIpc) is 2.49. The van der Waals surface area contributed by atoms with Gasteiger partial charge in [0.2, 0.25) is 0 Å². The Morgan fingerprint density at radius 2 is 1.79 bits per heavy atom. The molecule has 126 valence electrons. The number of carbonyl (C=O) groups excluding carboxylic acids is 1. The molecule has 0 spiro atoms. The van der Waals surface area contributed by atoms with Crippen LogP contribution in [0.15, 0.2) is 30.3 Å². The van der Waals surface area contributed by atoms with E-state index in [1.54, 1.807) is 0 Å². The van der Waals surface area contributed by atoms with Crippen LogP contribution in [-0.2, 0) is 6.54 Å². The Balaban J connectivity index is 2.07. The summed E-state index contributed by atoms with van der Waals surface area (Å²) in [6.07, 6.45) is 0. The van der Waals surface area contributed by atoms with Crippen LogP contribution in [0, 0.1) is 30.9 Å². The second-order valence-electron chi connectivity index (χ2n) is 5.65. The SMILES string of the molecule is Cc1cc(C)c(NC(=O)NCc2cc([N+](=O)[O-])ccc2O)c(C)c1. The van der Waals surface area contributed by atoms with Gasteiger partial charge in [0, 0.05) is 29.9 Å². The summed E-state index contributed by atoms with van der Waals surface area (Å²) in [6, 6.07) is 7.16. The van der Waals surface area contributed by atoms with E-state index in [9.17, 15) is 20.0 Å². The molecule has 2 rings (SSSR count). The Morgan fingerprint density at radius 1 is 1.17 bits per heavy atom. The van der Waals surface area contributed by atoms with Gasteiger partial charge in [-0.2, -0.15) is 0 Å². The van der Waals surface area contributed by atoms with Crippen LogP contribution in [0.5, 0.6) is 5.75 Å². The standard InChI is InChI=1S/C17H19N3O4/c1-10-6-11(2)16(12(3)7-10)19-17(22)18-9-13-8-14(20(23)24)4-5-15(13)21/h4-8,21H,9H2,1-3H3,(H2,18,19,22). The first kappa shape index (κ1) is 17.3. The maximum Gasteiger partial charge on any atom is 0.319 e. The van der Waals surface area contributed by atoms with Crippen molar-refractivity contribution in [1.29, 1.82) is 0 Å². The van der Waals surface area contributed by atoms with E-state index < -0.39 is 11.0 Å². The quantitative estimate of drug-likeness (QED) is 0.589. The predicted molar refractivity (Wildman–Crippen MR) is 91.3 cm³/mol. The molecule has 0 aromatic heterocycles. The van der Waals surface area contributed by atoms with E-state index in [0.717, 1.165) is 22.4 Å². The molecule has 0 radical (unpaired) electrons. The molecular weight excluding hydrogens is 310 g/mol. The molecule has 0 atom stereocenters. The maximum atomic E-state index is 12.1. The third-order valence-corrected chi connectivity index (χ3v) is 3.63. The van der Waals surface area contributed by atoms with Gasteiger partial charge in [-0.15, -0.1) is 0 Å². The van der Waals surface area contributed by atoms with Crippen molar-refractivity contribution in [3.8, 4) is 5.75 Å². The highest BCUT2D eigenvalue weighted by Crippen LogP contribution is 2.23. The summed E-state index contributed by atoms with van der Waals surface area (Å²) in [5.74, 6) is -0.108. The minimum atomic E-state index is -0.554. The molecule has 3 N–H and O–H groups in total. The van der Waals surface area contributed by atoms with Crippen LogP contribution in [0.2, 0.25) is 0 Å². The summed E-state index contributed by atoms with van der Waals surface area (Å²) in [6.45, 7) is 5.77. The van der Waals surface area contributed by atoms with Gasteiger partial charge < -0.3 is 15.7 Å². The van der Waals surface area contributed by atoms with Crippen molar-refractivity contribution in [1.82, 2.24) is 5.32 Å². The number of aryl methyl sites for hydroxylation is 3. The minimum absolute atomic E-state index is 0.0245. The number of hydrogen-bond acceptors (Lipinski definition) is 4. The van der Waals surface area contributed by atoms with Crippen molar-refractivity contribution in [2.75, 3.05) is 5.32 Å². The van der Waals surface area contributed by atoms with Gasteiger partial charge in [0.05, 0.1) is 4.92 Å². The summed E-state index contributed by atoms with van der Waals surface area (Å²) >= 11 is 0. The third-order valence-electron chi connectivity index (χ3n) is 3.63. The fourth-order valence-electron chi connectivity index (χ4n) is 2.54. The van der Waals surface area contributed by atoms with E-state index in [4.69, 9.17) is 0 Å². The number of carbonyl (C=O) groups is 1. The van der Waals surface area contributed by atoms with E-state index in [-0.39, 0.29) is 23.5 Å². The van der Waals surface area contributed by atoms with Gasteiger partial charge in [0.25, 0.3) is 5.69 Å². The number of non-ortho nitro benzene ring substituents is 1. The number of nitrogens with zero attached hydrogens (tertiary/aromatic N) is 1. The second-order valence-corrected chi connectivity index (χ2v) is 5.65. The zero-order valence-corrected chi connectivity index (χ0v) is 13.7. The number of phenolic OH excluding ortho intramolecular Hbond substituents is 1. The maximum absolute atomic E-state index is 12.1. The van der Waals surface area contributed by atoms with Crippen LogP contribution >= 0.6 is 0 Å². The topological polar surface area (TPSA) is 104 Å². The van der Waals surface area contributed by atoms with Gasteiger partial charge in [-0.1, -0.05) is 17.7 Å². The molecule has 24 heavy (non-hydrogen) atoms. The summed E-state index contributed by atoms with van der Waals surface area (Å²) in [7, 11) is 0. The van der Waals surface area contributed by atoms with E-state index in [1.807, 2.05) is 32.9 Å². The fourth-order valence-corrected chi connectivity index (χ4v) is 2.54. The molecule has 2 aromatic rings. The van der Waals surface area contributed by atoms with Crippen LogP contribution in [0.3, 0.4) is 0 Å². The average molecular weight is 329 g/mol. The second kappa shape index (κ2) is 6.99. The monoisotopic (exact) mass is 329 g/mol. The summed E-state index contributed by atoms with van der Waals surface area (Å²) in [4.78, 5) is 22.3. The fraction of sp³-hybridized carbons (Fsp3) is 0.235. The largest absolute Gasteiger partial charge is 0.508 e. The van der Waals surface area contributed by atoms with Gasteiger partial charge in [-0.05, 0) is 38.0 Å². The molecule has 0 heterocycles. The summed E-state index contributed by atoms with van der Waals surface area (Å²) < 4.78 is 0. The zero-order valence-electron chi connectivity index (χ0n) is 13.7. The number of anilines is 1. The number of nitrogens with one attached hydrogen (secondary N) is 2. The number of amides is 2. The number of hydrogen-bond donors (Lipinski definition) is 3. The molecule has 7 heteroatoms. The molecule has 0 aliphatic heterocycles. The minimum Gasteiger partial charge on any atom is -0.508 e. The molecule has 0 saturated carbocycles. The van der Waals surface area contributed by atoms with Crippen LogP contribution in [0.4, 0.5) is 16.2 Å². The Kier molecular flexibility index (Phi) is 5.03. The van der Waals surface area contributed by atoms with Crippen LogP contribution in [-0.4, -0.2) is 16.1 Å². The van der Waals surface area contributed by atoms with Gasteiger partial charge in [0.15, 0.2) is 0 Å². The Labute approximate surface area is 139 Å². The van der Waals surface area contributed by atoms with Crippen molar-refractivity contribution in [2.24, 2.45) is 0 Å². The smallest absolute Gasteiger partial charge is 0.319 e.